The third kappa shape index (κ3) is 4.50. The molecule has 3 aromatic rings. The van der Waals surface area contributed by atoms with Gasteiger partial charge in [-0.1, -0.05) is 0 Å². The minimum Gasteiger partial charge on any atom is -0.353 e. The quantitative estimate of drug-likeness (QED) is 0.616. The number of nitriles is 1. The molecule has 0 aromatic carbocycles. The lowest BCUT2D eigenvalue weighted by atomic mass is 10.1. The fourth-order valence-corrected chi connectivity index (χ4v) is 3.65. The first-order valence-electron chi connectivity index (χ1n) is 10.5. The van der Waals surface area contributed by atoms with Gasteiger partial charge in [-0.2, -0.15) is 15.3 Å². The first kappa shape index (κ1) is 20.8. The van der Waals surface area contributed by atoms with Crippen molar-refractivity contribution < 1.29 is 4.39 Å². The number of piperidine rings is 1. The van der Waals surface area contributed by atoms with Crippen molar-refractivity contribution >= 4 is 34.3 Å². The van der Waals surface area contributed by atoms with E-state index in [-0.39, 0.29) is 12.1 Å². The molecule has 1 aliphatic heterocycles. The van der Waals surface area contributed by atoms with Gasteiger partial charge in [-0.25, -0.2) is 14.4 Å². The summed E-state index contributed by atoms with van der Waals surface area (Å²) in [6.07, 6.45) is 3.93. The first-order chi connectivity index (χ1) is 14.9. The van der Waals surface area contributed by atoms with Crippen LogP contribution in [0.1, 0.15) is 39.7 Å². The van der Waals surface area contributed by atoms with E-state index in [9.17, 15) is 4.39 Å². The van der Waals surface area contributed by atoms with Crippen LogP contribution in [0.4, 0.5) is 27.8 Å². The second kappa shape index (κ2) is 8.71. The molecule has 2 N–H and O–H groups in total. The van der Waals surface area contributed by atoms with Crippen molar-refractivity contribution in [3.8, 4) is 6.07 Å². The van der Waals surface area contributed by atoms with E-state index in [1.807, 2.05) is 29.5 Å². The van der Waals surface area contributed by atoms with E-state index in [1.54, 1.807) is 25.4 Å². The Morgan fingerprint density at radius 2 is 2.10 bits per heavy atom. The molecule has 4 rings (SSSR count). The van der Waals surface area contributed by atoms with E-state index in [1.165, 1.54) is 0 Å². The maximum absolute atomic E-state index is 13.8. The van der Waals surface area contributed by atoms with Crippen molar-refractivity contribution in [1.29, 1.82) is 5.26 Å². The Bertz CT molecular complexity index is 1100. The van der Waals surface area contributed by atoms with Crippen LogP contribution in [0, 0.1) is 11.3 Å². The summed E-state index contributed by atoms with van der Waals surface area (Å²) in [6.45, 7) is 6.94. The highest BCUT2D eigenvalue weighted by molar-refractivity contribution is 5.91. The lowest BCUT2D eigenvalue weighted by Crippen LogP contribution is -2.37. The predicted octanol–water partition coefficient (Wildman–Crippen LogP) is 3.81. The average Bonchev–Trinajstić information content (AvgIpc) is 3.11. The van der Waals surface area contributed by atoms with Gasteiger partial charge in [0.1, 0.15) is 23.8 Å². The average molecular weight is 424 g/mol. The van der Waals surface area contributed by atoms with Crippen LogP contribution in [0.3, 0.4) is 0 Å². The van der Waals surface area contributed by atoms with Gasteiger partial charge in [-0.05, 0) is 39.7 Å². The second-order valence-electron chi connectivity index (χ2n) is 8.02. The van der Waals surface area contributed by atoms with Crippen LogP contribution in [0.2, 0.25) is 0 Å². The number of hydrogen-bond donors (Lipinski definition) is 2. The molecule has 2 atom stereocenters. The van der Waals surface area contributed by atoms with Crippen LogP contribution >= 0.6 is 0 Å². The van der Waals surface area contributed by atoms with Gasteiger partial charge >= 0.3 is 0 Å². The van der Waals surface area contributed by atoms with Gasteiger partial charge in [0.25, 0.3) is 0 Å². The molecule has 4 heterocycles. The number of pyridine rings is 1. The fraction of sp³-hybridized carbons (Fsp3) is 0.476. The summed E-state index contributed by atoms with van der Waals surface area (Å²) in [7, 11) is 0. The van der Waals surface area contributed by atoms with Crippen molar-refractivity contribution in [3.05, 3.63) is 24.5 Å². The Kier molecular flexibility index (Phi) is 5.84. The van der Waals surface area contributed by atoms with E-state index < -0.39 is 6.17 Å². The van der Waals surface area contributed by atoms with Crippen LogP contribution < -0.4 is 15.5 Å². The van der Waals surface area contributed by atoms with Crippen molar-refractivity contribution in [2.75, 3.05) is 28.6 Å². The number of halogens is 1. The van der Waals surface area contributed by atoms with Gasteiger partial charge in [0.15, 0.2) is 5.82 Å². The molecule has 1 aliphatic rings. The third-order valence-corrected chi connectivity index (χ3v) is 5.17. The van der Waals surface area contributed by atoms with Crippen LogP contribution in [-0.2, 0) is 0 Å². The second-order valence-corrected chi connectivity index (χ2v) is 8.02. The predicted molar refractivity (Wildman–Crippen MR) is 118 cm³/mol. The SMILES string of the molecule is CC(C#N)Nc1nn(C(C)C)c2cc(Nc3ccnc(N4CCCC(F)C4)n3)ncc12. The summed E-state index contributed by atoms with van der Waals surface area (Å²) >= 11 is 0. The molecular weight excluding hydrogens is 397 g/mol. The number of fused-ring (bicyclic) bond motifs is 1. The van der Waals surface area contributed by atoms with Gasteiger partial charge in [0.2, 0.25) is 5.95 Å². The Morgan fingerprint density at radius 1 is 1.26 bits per heavy atom. The van der Waals surface area contributed by atoms with Crippen LogP contribution in [0.15, 0.2) is 24.5 Å². The molecule has 0 bridgehead atoms. The smallest absolute Gasteiger partial charge is 0.227 e. The molecule has 10 heteroatoms. The van der Waals surface area contributed by atoms with Crippen molar-refractivity contribution in [1.82, 2.24) is 24.7 Å². The molecular formula is C21H26FN9. The van der Waals surface area contributed by atoms with Gasteiger partial charge < -0.3 is 15.5 Å². The molecule has 1 fully saturated rings. The Balaban J connectivity index is 1.61. The molecule has 0 spiro atoms. The largest absolute Gasteiger partial charge is 0.353 e. The number of nitrogens with one attached hydrogen (secondary N) is 2. The summed E-state index contributed by atoms with van der Waals surface area (Å²) < 4.78 is 15.7. The summed E-state index contributed by atoms with van der Waals surface area (Å²) in [5.41, 5.74) is 0.894. The Morgan fingerprint density at radius 3 is 2.84 bits per heavy atom. The fourth-order valence-electron chi connectivity index (χ4n) is 3.65. The highest BCUT2D eigenvalue weighted by atomic mass is 19.1. The van der Waals surface area contributed by atoms with Crippen LogP contribution in [-0.4, -0.2) is 50.0 Å². The topological polar surface area (TPSA) is 108 Å². The highest BCUT2D eigenvalue weighted by Crippen LogP contribution is 2.28. The molecule has 0 radical (unpaired) electrons. The number of aromatic nitrogens is 5. The van der Waals surface area contributed by atoms with Gasteiger partial charge in [-0.15, -0.1) is 0 Å². The highest BCUT2D eigenvalue weighted by Gasteiger charge is 2.21. The molecule has 3 aromatic heterocycles. The maximum atomic E-state index is 13.8. The molecule has 162 valence electrons. The third-order valence-electron chi connectivity index (χ3n) is 5.17. The van der Waals surface area contributed by atoms with E-state index in [4.69, 9.17) is 5.26 Å². The molecule has 2 unspecified atom stereocenters. The number of hydrogen-bond acceptors (Lipinski definition) is 8. The Hall–Kier alpha value is -3.48. The standard InChI is InChI=1S/C21H26FN9/c1-13(2)31-17-9-19(25-11-16(17)20(29-31)26-14(3)10-23)27-18-6-7-24-21(28-18)30-8-4-5-15(22)12-30/h6-7,9,11,13-15H,4-5,8,12H2,1-3H3,(H,26,29)(H,24,25,27,28). The van der Waals surface area contributed by atoms with E-state index in [0.717, 1.165) is 23.9 Å². The maximum Gasteiger partial charge on any atom is 0.227 e. The van der Waals surface area contributed by atoms with Gasteiger partial charge in [0.05, 0.1) is 23.5 Å². The normalized spacial score (nSPS) is 17.5. The number of rotatable bonds is 6. The molecule has 0 aliphatic carbocycles. The number of anilines is 4. The lowest BCUT2D eigenvalue weighted by molar-refractivity contribution is 0.285. The van der Waals surface area contributed by atoms with Crippen molar-refractivity contribution in [2.24, 2.45) is 0 Å². The van der Waals surface area contributed by atoms with Crippen molar-refractivity contribution in [2.45, 2.75) is 51.9 Å². The van der Waals surface area contributed by atoms with E-state index in [0.29, 0.717) is 36.4 Å². The summed E-state index contributed by atoms with van der Waals surface area (Å²) in [5, 5.41) is 20.9. The van der Waals surface area contributed by atoms with E-state index >= 15 is 0 Å². The molecule has 9 nitrogen and oxygen atoms in total. The first-order valence-corrected chi connectivity index (χ1v) is 10.5. The molecule has 0 amide bonds. The van der Waals surface area contributed by atoms with Crippen LogP contribution in [0.5, 0.6) is 0 Å². The minimum atomic E-state index is -0.846. The monoisotopic (exact) mass is 423 g/mol. The number of alkyl halides is 1. The molecule has 0 saturated carbocycles. The van der Waals surface area contributed by atoms with E-state index in [2.05, 4.69) is 36.8 Å². The van der Waals surface area contributed by atoms with Gasteiger partial charge in [0, 0.05) is 31.0 Å². The van der Waals surface area contributed by atoms with Crippen molar-refractivity contribution in [3.63, 3.8) is 0 Å². The molecule has 1 saturated heterocycles. The number of nitrogens with zero attached hydrogens (tertiary/aromatic N) is 7. The Labute approximate surface area is 180 Å². The summed E-state index contributed by atoms with van der Waals surface area (Å²) in [4.78, 5) is 15.2. The zero-order chi connectivity index (χ0) is 22.0. The zero-order valence-electron chi connectivity index (χ0n) is 17.9. The minimum absolute atomic E-state index is 0.129. The molecule has 31 heavy (non-hydrogen) atoms. The summed E-state index contributed by atoms with van der Waals surface area (Å²) in [6, 6.07) is 5.59. The summed E-state index contributed by atoms with van der Waals surface area (Å²) in [5.74, 6) is 2.34. The van der Waals surface area contributed by atoms with Gasteiger partial charge in [-0.3, -0.25) is 4.68 Å². The zero-order valence-corrected chi connectivity index (χ0v) is 17.9. The van der Waals surface area contributed by atoms with Crippen LogP contribution in [0.25, 0.3) is 10.9 Å². The lowest BCUT2D eigenvalue weighted by Gasteiger charge is -2.29.